The maximum absolute atomic E-state index is 11.2. The second-order valence-corrected chi connectivity index (χ2v) is 9.85. The number of fused-ring (bicyclic) bond motifs is 1. The average molecular weight is 540 g/mol. The number of pyridine rings is 2. The molecule has 3 aromatic heterocycles. The van der Waals surface area contributed by atoms with Crippen molar-refractivity contribution in [1.29, 1.82) is 0 Å². The van der Waals surface area contributed by atoms with Crippen molar-refractivity contribution in [2.45, 2.75) is 6.54 Å². The molecule has 2 aromatic carbocycles. The van der Waals surface area contributed by atoms with E-state index in [1.807, 2.05) is 65.2 Å². The molecule has 10 heteroatoms. The maximum atomic E-state index is 11.2. The van der Waals surface area contributed by atoms with Crippen LogP contribution < -0.4 is 5.73 Å². The molecule has 0 bridgehead atoms. The number of carbonyl (C=O) groups is 1. The Balaban J connectivity index is 1.39. The molecule has 1 amide bonds. The first-order valence-corrected chi connectivity index (χ1v) is 13.0. The van der Waals surface area contributed by atoms with Crippen LogP contribution in [-0.2, 0) is 6.54 Å². The standard InChI is InChI=1S/C29H26ClN7O2/c30-23-6-2-1-4-21(23)24-11-12-25-28(33-24)37(27(34-25)22-5-3-13-32-26(22)31)20-9-7-19(8-10-20)18-35-14-16-36(17-15-35)29(38)39/h1-13H,14-18H2,(H2,31,32)(H,38,39). The summed E-state index contributed by atoms with van der Waals surface area (Å²) in [5.41, 5.74) is 12.0. The number of benzene rings is 2. The molecule has 0 spiro atoms. The van der Waals surface area contributed by atoms with Gasteiger partial charge in [-0.15, -0.1) is 0 Å². The van der Waals surface area contributed by atoms with Crippen LogP contribution in [0.15, 0.2) is 79.0 Å². The minimum absolute atomic E-state index is 0.387. The van der Waals surface area contributed by atoms with E-state index in [1.165, 1.54) is 4.90 Å². The Morgan fingerprint density at radius 1 is 0.897 bits per heavy atom. The van der Waals surface area contributed by atoms with Gasteiger partial charge in [-0.1, -0.05) is 41.9 Å². The number of amides is 1. The first kappa shape index (κ1) is 24.8. The Labute approximate surface area is 230 Å². The normalized spacial score (nSPS) is 14.1. The largest absolute Gasteiger partial charge is 0.465 e. The number of nitrogen functional groups attached to an aromatic ring is 1. The predicted molar refractivity (Wildman–Crippen MR) is 152 cm³/mol. The van der Waals surface area contributed by atoms with E-state index < -0.39 is 6.09 Å². The topological polar surface area (TPSA) is 113 Å². The van der Waals surface area contributed by atoms with E-state index in [-0.39, 0.29) is 0 Å². The van der Waals surface area contributed by atoms with Gasteiger partial charge in [0.2, 0.25) is 0 Å². The van der Waals surface area contributed by atoms with Gasteiger partial charge in [0.15, 0.2) is 11.5 Å². The fourth-order valence-corrected chi connectivity index (χ4v) is 5.15. The van der Waals surface area contributed by atoms with E-state index in [2.05, 4.69) is 22.0 Å². The highest BCUT2D eigenvalue weighted by molar-refractivity contribution is 6.33. The van der Waals surface area contributed by atoms with Crippen molar-refractivity contribution in [3.05, 3.63) is 89.6 Å². The van der Waals surface area contributed by atoms with Crippen LogP contribution in [0.25, 0.3) is 39.5 Å². The van der Waals surface area contributed by atoms with Gasteiger partial charge in [0.05, 0.1) is 11.3 Å². The fraction of sp³-hybridized carbons (Fsp3) is 0.172. The van der Waals surface area contributed by atoms with Gasteiger partial charge in [-0.2, -0.15) is 0 Å². The van der Waals surface area contributed by atoms with Crippen LogP contribution in [0.4, 0.5) is 10.6 Å². The summed E-state index contributed by atoms with van der Waals surface area (Å²) in [6.07, 6.45) is 0.799. The molecule has 196 valence electrons. The number of hydrogen-bond donors (Lipinski definition) is 2. The summed E-state index contributed by atoms with van der Waals surface area (Å²) < 4.78 is 2.00. The van der Waals surface area contributed by atoms with Crippen molar-refractivity contribution < 1.29 is 9.90 Å². The summed E-state index contributed by atoms with van der Waals surface area (Å²) in [6, 6.07) is 23.5. The lowest BCUT2D eigenvalue weighted by molar-refractivity contribution is 0.103. The second-order valence-electron chi connectivity index (χ2n) is 9.44. The number of hydrogen-bond acceptors (Lipinski definition) is 6. The molecule has 0 radical (unpaired) electrons. The number of halogens is 1. The molecule has 1 saturated heterocycles. The first-order chi connectivity index (χ1) is 19.0. The first-order valence-electron chi connectivity index (χ1n) is 12.6. The van der Waals surface area contributed by atoms with Crippen molar-refractivity contribution in [2.75, 3.05) is 31.9 Å². The molecule has 4 heterocycles. The minimum atomic E-state index is -0.858. The van der Waals surface area contributed by atoms with E-state index in [0.717, 1.165) is 40.1 Å². The van der Waals surface area contributed by atoms with Gasteiger partial charge in [-0.25, -0.2) is 19.7 Å². The zero-order valence-corrected chi connectivity index (χ0v) is 21.8. The van der Waals surface area contributed by atoms with Crippen LogP contribution in [0.3, 0.4) is 0 Å². The molecule has 0 aliphatic carbocycles. The van der Waals surface area contributed by atoms with Crippen molar-refractivity contribution in [3.63, 3.8) is 0 Å². The van der Waals surface area contributed by atoms with Crippen LogP contribution >= 0.6 is 11.6 Å². The molecule has 0 unspecified atom stereocenters. The van der Waals surface area contributed by atoms with Crippen molar-refractivity contribution in [1.82, 2.24) is 29.3 Å². The Morgan fingerprint density at radius 3 is 2.36 bits per heavy atom. The van der Waals surface area contributed by atoms with Crippen LogP contribution in [0.5, 0.6) is 0 Å². The minimum Gasteiger partial charge on any atom is -0.465 e. The van der Waals surface area contributed by atoms with Crippen LogP contribution in [0.2, 0.25) is 5.02 Å². The van der Waals surface area contributed by atoms with Crippen LogP contribution in [0.1, 0.15) is 5.56 Å². The van der Waals surface area contributed by atoms with Gasteiger partial charge >= 0.3 is 6.09 Å². The third-order valence-electron chi connectivity index (χ3n) is 6.98. The zero-order valence-electron chi connectivity index (χ0n) is 21.0. The number of piperazine rings is 1. The average Bonchev–Trinajstić information content (AvgIpc) is 3.33. The number of aromatic nitrogens is 4. The summed E-state index contributed by atoms with van der Waals surface area (Å²) in [5, 5.41) is 9.83. The summed E-state index contributed by atoms with van der Waals surface area (Å²) in [5.74, 6) is 1.04. The summed E-state index contributed by atoms with van der Waals surface area (Å²) in [6.45, 7) is 3.20. The molecule has 9 nitrogen and oxygen atoms in total. The van der Waals surface area contributed by atoms with Crippen molar-refractivity contribution in [2.24, 2.45) is 0 Å². The van der Waals surface area contributed by atoms with Gasteiger partial charge in [-0.05, 0) is 48.0 Å². The highest BCUT2D eigenvalue weighted by Crippen LogP contribution is 2.33. The fourth-order valence-electron chi connectivity index (χ4n) is 4.91. The molecule has 3 N–H and O–H groups in total. The van der Waals surface area contributed by atoms with E-state index >= 15 is 0 Å². The summed E-state index contributed by atoms with van der Waals surface area (Å²) >= 11 is 6.49. The second kappa shape index (κ2) is 10.4. The molecule has 39 heavy (non-hydrogen) atoms. The lowest BCUT2D eigenvalue weighted by Crippen LogP contribution is -2.47. The SMILES string of the molecule is Nc1ncccc1-c1nc2ccc(-c3ccccc3Cl)nc2n1-c1ccc(CN2CCN(C(=O)O)CC2)cc1. The smallest absolute Gasteiger partial charge is 0.407 e. The number of imidazole rings is 1. The van der Waals surface area contributed by atoms with Crippen LogP contribution in [-0.4, -0.2) is 66.7 Å². The van der Waals surface area contributed by atoms with Gasteiger partial charge < -0.3 is 15.7 Å². The van der Waals surface area contributed by atoms with Gasteiger partial charge in [0.1, 0.15) is 11.3 Å². The Kier molecular flexibility index (Phi) is 6.60. The lowest BCUT2D eigenvalue weighted by atomic mass is 10.1. The van der Waals surface area contributed by atoms with Crippen molar-refractivity contribution >= 4 is 34.7 Å². The van der Waals surface area contributed by atoms with Gasteiger partial charge in [0, 0.05) is 55.2 Å². The number of rotatable bonds is 5. The Hall–Kier alpha value is -4.47. The molecule has 1 fully saturated rings. The predicted octanol–water partition coefficient (Wildman–Crippen LogP) is 5.18. The summed E-state index contributed by atoms with van der Waals surface area (Å²) in [4.78, 5) is 29.1. The molecule has 0 saturated carbocycles. The lowest BCUT2D eigenvalue weighted by Gasteiger charge is -2.33. The van der Waals surface area contributed by atoms with E-state index in [4.69, 9.17) is 27.3 Å². The quantitative estimate of drug-likeness (QED) is 0.316. The monoisotopic (exact) mass is 539 g/mol. The van der Waals surface area contributed by atoms with E-state index in [0.29, 0.717) is 48.5 Å². The highest BCUT2D eigenvalue weighted by atomic mass is 35.5. The third-order valence-corrected chi connectivity index (χ3v) is 7.31. The number of nitrogens with two attached hydrogens (primary N) is 1. The van der Waals surface area contributed by atoms with Gasteiger partial charge in [-0.3, -0.25) is 9.47 Å². The number of carboxylic acid groups (broad SMARTS) is 1. The van der Waals surface area contributed by atoms with Crippen molar-refractivity contribution in [3.8, 4) is 28.3 Å². The Morgan fingerprint density at radius 2 is 1.64 bits per heavy atom. The molecule has 0 atom stereocenters. The van der Waals surface area contributed by atoms with Crippen LogP contribution in [0, 0.1) is 0 Å². The highest BCUT2D eigenvalue weighted by Gasteiger charge is 2.21. The van der Waals surface area contributed by atoms with E-state index in [9.17, 15) is 9.90 Å². The van der Waals surface area contributed by atoms with Gasteiger partial charge in [0.25, 0.3) is 0 Å². The zero-order chi connectivity index (χ0) is 26.9. The summed E-state index contributed by atoms with van der Waals surface area (Å²) in [7, 11) is 0. The van der Waals surface area contributed by atoms with E-state index in [1.54, 1.807) is 6.20 Å². The molecule has 1 aliphatic heterocycles. The molecule has 1 aliphatic rings. The maximum Gasteiger partial charge on any atom is 0.407 e. The Bertz CT molecular complexity index is 1660. The number of anilines is 1. The molecule has 5 aromatic rings. The third kappa shape index (κ3) is 4.89. The molecule has 6 rings (SSSR count). The molecular formula is C29H26ClN7O2. The molecular weight excluding hydrogens is 514 g/mol. The number of nitrogens with zero attached hydrogens (tertiary/aromatic N) is 6.